The molecule has 0 aromatic carbocycles. The highest BCUT2D eigenvalue weighted by atomic mass is 33.1. The molecule has 0 aromatic rings. The molecule has 0 amide bonds. The Kier molecular flexibility index (Phi) is 10.3. The number of rotatable bonds is 13. The van der Waals surface area contributed by atoms with E-state index in [1.165, 1.54) is 21.6 Å². The third-order valence-corrected chi connectivity index (χ3v) is 8.37. The number of aliphatic carboxylic acids is 2. The smallest absolute Gasteiger partial charge is 0.320 e. The lowest BCUT2D eigenvalue weighted by Gasteiger charge is -2.33. The quantitative estimate of drug-likeness (QED) is 0.444. The van der Waals surface area contributed by atoms with Crippen molar-refractivity contribution in [2.75, 3.05) is 0 Å². The first-order chi connectivity index (χ1) is 10.3. The van der Waals surface area contributed by atoms with Crippen LogP contribution in [0.5, 0.6) is 0 Å². The Morgan fingerprint density at radius 2 is 1.09 bits per heavy atom. The number of unbranched alkanes of at least 4 members (excludes halogenated alkanes) is 2. The molecule has 2 unspecified atom stereocenters. The highest BCUT2D eigenvalue weighted by Crippen LogP contribution is 2.51. The molecule has 0 aliphatic heterocycles. The van der Waals surface area contributed by atoms with E-state index in [9.17, 15) is 19.8 Å². The number of carboxylic acids is 2. The summed E-state index contributed by atoms with van der Waals surface area (Å²) in [5.74, 6) is -1.65. The van der Waals surface area contributed by atoms with E-state index in [2.05, 4.69) is 0 Å². The molecule has 0 saturated heterocycles. The van der Waals surface area contributed by atoms with Crippen molar-refractivity contribution >= 4 is 33.5 Å². The van der Waals surface area contributed by atoms with Crippen molar-refractivity contribution in [1.29, 1.82) is 0 Å². The number of carboxylic acid groups (broad SMARTS) is 2. The average molecular weight is 351 g/mol. The Morgan fingerprint density at radius 3 is 1.27 bits per heavy atom. The summed E-state index contributed by atoms with van der Waals surface area (Å²) in [5.41, 5.74) is 0. The third-order valence-electron chi connectivity index (χ3n) is 4.15. The fourth-order valence-corrected chi connectivity index (χ4v) is 5.97. The van der Waals surface area contributed by atoms with Crippen LogP contribution in [0.15, 0.2) is 0 Å². The van der Waals surface area contributed by atoms with E-state index in [1.54, 1.807) is 0 Å². The van der Waals surface area contributed by atoms with Crippen LogP contribution in [0, 0.1) is 0 Å². The molecule has 22 heavy (non-hydrogen) atoms. The van der Waals surface area contributed by atoms with Crippen LogP contribution in [0.25, 0.3) is 0 Å². The molecule has 0 spiro atoms. The van der Waals surface area contributed by atoms with Gasteiger partial charge in [0.1, 0.15) is 9.49 Å². The van der Waals surface area contributed by atoms with Crippen molar-refractivity contribution in [3.05, 3.63) is 0 Å². The molecule has 2 atom stereocenters. The van der Waals surface area contributed by atoms with Gasteiger partial charge in [0.25, 0.3) is 0 Å². The minimum Gasteiger partial charge on any atom is -0.480 e. The number of hydrogen-bond donors (Lipinski definition) is 2. The molecule has 0 bridgehead atoms. The summed E-state index contributed by atoms with van der Waals surface area (Å²) in [6.07, 6.45) is 5.74. The van der Waals surface area contributed by atoms with Gasteiger partial charge >= 0.3 is 11.9 Å². The van der Waals surface area contributed by atoms with Gasteiger partial charge in [-0.05, 0) is 25.7 Å². The zero-order valence-corrected chi connectivity index (χ0v) is 15.8. The summed E-state index contributed by atoms with van der Waals surface area (Å²) in [6, 6.07) is 0. The number of carbonyl (C=O) groups is 2. The first-order valence-corrected chi connectivity index (χ1v) is 10.3. The van der Waals surface area contributed by atoms with Crippen molar-refractivity contribution < 1.29 is 19.8 Å². The summed E-state index contributed by atoms with van der Waals surface area (Å²) >= 11 is 0. The molecular weight excluding hydrogens is 320 g/mol. The molecule has 4 nitrogen and oxygen atoms in total. The molecule has 6 heteroatoms. The lowest BCUT2D eigenvalue weighted by molar-refractivity contribution is -0.141. The maximum Gasteiger partial charge on any atom is 0.320 e. The molecular formula is C16H30O4S2. The summed E-state index contributed by atoms with van der Waals surface area (Å²) in [5, 5.41) is 19.3. The molecule has 130 valence electrons. The van der Waals surface area contributed by atoms with Gasteiger partial charge in [-0.3, -0.25) is 9.59 Å². The molecule has 0 fully saturated rings. The summed E-state index contributed by atoms with van der Waals surface area (Å²) in [4.78, 5) is 23.5. The van der Waals surface area contributed by atoms with Crippen LogP contribution >= 0.6 is 21.6 Å². The van der Waals surface area contributed by atoms with Crippen LogP contribution in [0.1, 0.15) is 79.1 Å². The summed E-state index contributed by atoms with van der Waals surface area (Å²) in [6.45, 7) is 7.82. The number of hydrogen-bond acceptors (Lipinski definition) is 4. The SMILES string of the molecule is CCCCC(CC)(SSC(CC)(CCCC)C(=O)O)C(=O)O. The highest BCUT2D eigenvalue weighted by Gasteiger charge is 2.44. The molecule has 2 N–H and O–H groups in total. The Morgan fingerprint density at radius 1 is 0.773 bits per heavy atom. The van der Waals surface area contributed by atoms with Crippen molar-refractivity contribution in [2.24, 2.45) is 0 Å². The fraction of sp³-hybridized carbons (Fsp3) is 0.875. The van der Waals surface area contributed by atoms with E-state index in [4.69, 9.17) is 0 Å². The van der Waals surface area contributed by atoms with Crippen LogP contribution in [0.2, 0.25) is 0 Å². The molecule has 0 saturated carbocycles. The van der Waals surface area contributed by atoms with E-state index in [1.807, 2.05) is 27.7 Å². The van der Waals surface area contributed by atoms with E-state index >= 15 is 0 Å². The predicted molar refractivity (Wildman–Crippen MR) is 95.5 cm³/mol. The van der Waals surface area contributed by atoms with Crippen LogP contribution in [0.3, 0.4) is 0 Å². The highest BCUT2D eigenvalue weighted by molar-refractivity contribution is 8.78. The molecule has 0 aromatic heterocycles. The maximum absolute atomic E-state index is 11.8. The van der Waals surface area contributed by atoms with Crippen LogP contribution in [-0.2, 0) is 9.59 Å². The second-order valence-corrected chi connectivity index (χ2v) is 8.58. The van der Waals surface area contributed by atoms with Crippen LogP contribution in [0.4, 0.5) is 0 Å². The van der Waals surface area contributed by atoms with Crippen molar-refractivity contribution in [3.63, 3.8) is 0 Å². The fourth-order valence-electron chi connectivity index (χ4n) is 2.23. The van der Waals surface area contributed by atoms with Crippen LogP contribution < -0.4 is 0 Å². The Bertz CT molecular complexity index is 328. The van der Waals surface area contributed by atoms with Gasteiger partial charge in [0, 0.05) is 0 Å². The Hall–Kier alpha value is -0.360. The lowest BCUT2D eigenvalue weighted by atomic mass is 9.98. The normalized spacial score (nSPS) is 16.7. The standard InChI is InChI=1S/C16H30O4S2/c1-5-9-11-15(7-3,13(17)18)21-22-16(8-4,14(19)20)12-10-6-2/h5-12H2,1-4H3,(H,17,18)(H,19,20). The Labute approximate surface area is 142 Å². The molecule has 0 aliphatic carbocycles. The van der Waals surface area contributed by atoms with Gasteiger partial charge in [-0.1, -0.05) is 75.0 Å². The Balaban J connectivity index is 5.17. The zero-order chi connectivity index (χ0) is 17.2. The van der Waals surface area contributed by atoms with E-state index in [0.29, 0.717) is 25.7 Å². The molecule has 0 rings (SSSR count). The minimum absolute atomic E-state index is 0.507. The molecule has 0 aliphatic rings. The van der Waals surface area contributed by atoms with Crippen molar-refractivity contribution in [1.82, 2.24) is 0 Å². The summed E-state index contributed by atoms with van der Waals surface area (Å²) in [7, 11) is 2.53. The van der Waals surface area contributed by atoms with Crippen molar-refractivity contribution in [2.45, 2.75) is 88.6 Å². The second kappa shape index (κ2) is 10.4. The van der Waals surface area contributed by atoms with Crippen molar-refractivity contribution in [3.8, 4) is 0 Å². The maximum atomic E-state index is 11.8. The summed E-state index contributed by atoms with van der Waals surface area (Å²) < 4.78 is -1.77. The van der Waals surface area contributed by atoms with Gasteiger partial charge in [0.05, 0.1) is 0 Å². The monoisotopic (exact) mass is 350 g/mol. The second-order valence-electron chi connectivity index (χ2n) is 5.68. The van der Waals surface area contributed by atoms with Gasteiger partial charge in [0.15, 0.2) is 0 Å². The first kappa shape index (κ1) is 21.6. The lowest BCUT2D eigenvalue weighted by Crippen LogP contribution is -2.38. The van der Waals surface area contributed by atoms with E-state index in [0.717, 1.165) is 25.7 Å². The van der Waals surface area contributed by atoms with Gasteiger partial charge in [0.2, 0.25) is 0 Å². The zero-order valence-electron chi connectivity index (χ0n) is 14.2. The van der Waals surface area contributed by atoms with Gasteiger partial charge in [-0.15, -0.1) is 0 Å². The van der Waals surface area contributed by atoms with Gasteiger partial charge < -0.3 is 10.2 Å². The van der Waals surface area contributed by atoms with Gasteiger partial charge in [-0.2, -0.15) is 0 Å². The molecule has 0 radical (unpaired) electrons. The van der Waals surface area contributed by atoms with Gasteiger partial charge in [-0.25, -0.2) is 0 Å². The topological polar surface area (TPSA) is 74.6 Å². The van der Waals surface area contributed by atoms with E-state index in [-0.39, 0.29) is 0 Å². The largest absolute Gasteiger partial charge is 0.480 e. The van der Waals surface area contributed by atoms with Crippen LogP contribution in [-0.4, -0.2) is 31.6 Å². The predicted octanol–water partition coefficient (Wildman–Crippen LogP) is 5.22. The van der Waals surface area contributed by atoms with E-state index < -0.39 is 21.4 Å². The minimum atomic E-state index is -0.886. The first-order valence-electron chi connectivity index (χ1n) is 8.17. The molecule has 0 heterocycles. The average Bonchev–Trinajstić information content (AvgIpc) is 2.50. The third kappa shape index (κ3) is 5.69.